The molecule has 1 aromatic rings. The average Bonchev–Trinajstić information content (AvgIpc) is 2.99. The SMILES string of the molecule is FC(F)(F)CN1CCC(N(C2CCCC2)C2CC2c2cccs2)CC1. The van der Waals surface area contributed by atoms with Crippen molar-refractivity contribution >= 4 is 11.3 Å². The van der Waals surface area contributed by atoms with Crippen LogP contribution >= 0.6 is 11.3 Å². The van der Waals surface area contributed by atoms with Gasteiger partial charge in [-0.3, -0.25) is 9.80 Å². The quantitative estimate of drug-likeness (QED) is 0.727. The molecule has 2 aliphatic carbocycles. The molecule has 1 saturated heterocycles. The first kappa shape index (κ1) is 17.8. The third-order valence-corrected chi connectivity index (χ3v) is 7.18. The van der Waals surface area contributed by atoms with Crippen LogP contribution in [0.3, 0.4) is 0 Å². The van der Waals surface area contributed by atoms with Crippen LogP contribution < -0.4 is 0 Å². The molecule has 4 rings (SSSR count). The van der Waals surface area contributed by atoms with Crippen molar-refractivity contribution in [1.82, 2.24) is 9.80 Å². The number of hydrogen-bond donors (Lipinski definition) is 0. The van der Waals surface area contributed by atoms with Crippen molar-refractivity contribution in [2.75, 3.05) is 19.6 Å². The minimum Gasteiger partial charge on any atom is -0.295 e. The minimum atomic E-state index is -4.07. The summed E-state index contributed by atoms with van der Waals surface area (Å²) in [6.45, 7) is 0.429. The standard InChI is InChI=1S/C19H27F3N2S/c20-19(21,22)13-23-9-7-15(8-10-23)24(14-4-1-2-5-14)17-12-16(17)18-6-3-11-25-18/h3,6,11,14-17H,1-2,4-5,7-10,12-13H2. The zero-order valence-corrected chi connectivity index (χ0v) is 15.4. The van der Waals surface area contributed by atoms with Crippen LogP contribution in [0.15, 0.2) is 17.5 Å². The van der Waals surface area contributed by atoms with E-state index in [0.717, 1.165) is 12.8 Å². The second-order valence-corrected chi connectivity index (χ2v) is 8.91. The topological polar surface area (TPSA) is 6.48 Å². The van der Waals surface area contributed by atoms with Gasteiger partial charge in [0, 0.05) is 28.9 Å². The fraction of sp³-hybridized carbons (Fsp3) is 0.789. The third-order valence-electron chi connectivity index (χ3n) is 6.18. The molecule has 3 fully saturated rings. The van der Waals surface area contributed by atoms with E-state index < -0.39 is 12.7 Å². The monoisotopic (exact) mass is 372 g/mol. The Labute approximate surface area is 152 Å². The van der Waals surface area contributed by atoms with Gasteiger partial charge in [0.15, 0.2) is 0 Å². The fourth-order valence-electron chi connectivity index (χ4n) is 4.99. The predicted octanol–water partition coefficient (Wildman–Crippen LogP) is 4.88. The van der Waals surface area contributed by atoms with Gasteiger partial charge < -0.3 is 0 Å². The Hall–Kier alpha value is -0.590. The number of alkyl halides is 3. The maximum atomic E-state index is 12.6. The van der Waals surface area contributed by atoms with Gasteiger partial charge in [-0.25, -0.2) is 0 Å². The number of hydrogen-bond acceptors (Lipinski definition) is 3. The molecule has 2 unspecified atom stereocenters. The number of nitrogens with zero attached hydrogens (tertiary/aromatic N) is 2. The summed E-state index contributed by atoms with van der Waals surface area (Å²) in [5, 5.41) is 2.15. The maximum absolute atomic E-state index is 12.6. The first-order valence-corrected chi connectivity index (χ1v) is 10.5. The molecule has 140 valence electrons. The summed E-state index contributed by atoms with van der Waals surface area (Å²) in [4.78, 5) is 5.83. The average molecular weight is 373 g/mol. The Morgan fingerprint density at radius 3 is 2.36 bits per heavy atom. The molecule has 0 radical (unpaired) electrons. The van der Waals surface area contributed by atoms with Crippen LogP contribution in [0.1, 0.15) is 55.7 Å². The van der Waals surface area contributed by atoms with Crippen LogP contribution in [-0.4, -0.2) is 53.7 Å². The Kier molecular flexibility index (Phi) is 5.13. The Morgan fingerprint density at radius 1 is 1.08 bits per heavy atom. The van der Waals surface area contributed by atoms with Crippen molar-refractivity contribution < 1.29 is 13.2 Å². The van der Waals surface area contributed by atoms with Crippen molar-refractivity contribution in [2.45, 2.75) is 75.2 Å². The van der Waals surface area contributed by atoms with Crippen LogP contribution in [0.2, 0.25) is 0 Å². The number of likely N-dealkylation sites (tertiary alicyclic amines) is 1. The van der Waals surface area contributed by atoms with Crippen molar-refractivity contribution in [3.63, 3.8) is 0 Å². The van der Waals surface area contributed by atoms with E-state index in [9.17, 15) is 13.2 Å². The summed E-state index contributed by atoms with van der Waals surface area (Å²) < 4.78 is 37.9. The smallest absolute Gasteiger partial charge is 0.295 e. The van der Waals surface area contributed by atoms with Crippen LogP contribution in [0.5, 0.6) is 0 Å². The van der Waals surface area contributed by atoms with Crippen LogP contribution in [0.4, 0.5) is 13.2 Å². The van der Waals surface area contributed by atoms with E-state index >= 15 is 0 Å². The van der Waals surface area contributed by atoms with Crippen molar-refractivity contribution in [1.29, 1.82) is 0 Å². The zero-order valence-electron chi connectivity index (χ0n) is 14.5. The molecule has 0 spiro atoms. The van der Waals surface area contributed by atoms with Gasteiger partial charge in [0.25, 0.3) is 0 Å². The van der Waals surface area contributed by atoms with E-state index in [1.54, 1.807) is 4.90 Å². The lowest BCUT2D eigenvalue weighted by Gasteiger charge is -2.42. The molecular weight excluding hydrogens is 345 g/mol. The Bertz CT molecular complexity index is 546. The molecule has 0 bridgehead atoms. The molecule has 1 aliphatic heterocycles. The van der Waals surface area contributed by atoms with Gasteiger partial charge in [0.2, 0.25) is 0 Å². The van der Waals surface area contributed by atoms with Gasteiger partial charge in [0.05, 0.1) is 6.54 Å². The highest BCUT2D eigenvalue weighted by atomic mass is 32.1. The molecule has 2 saturated carbocycles. The van der Waals surface area contributed by atoms with Crippen molar-refractivity contribution in [3.05, 3.63) is 22.4 Å². The highest BCUT2D eigenvalue weighted by molar-refractivity contribution is 7.10. The number of rotatable bonds is 5. The number of thiophene rings is 1. The molecule has 1 aromatic heterocycles. The van der Waals surface area contributed by atoms with Gasteiger partial charge in [-0.15, -0.1) is 11.3 Å². The van der Waals surface area contributed by atoms with Crippen molar-refractivity contribution in [3.8, 4) is 0 Å². The lowest BCUT2D eigenvalue weighted by Crippen LogP contribution is -2.51. The van der Waals surface area contributed by atoms with Crippen LogP contribution in [0.25, 0.3) is 0 Å². The molecule has 6 heteroatoms. The van der Waals surface area contributed by atoms with E-state index in [1.165, 1.54) is 37.0 Å². The lowest BCUT2D eigenvalue weighted by atomic mass is 9.99. The van der Waals surface area contributed by atoms with Gasteiger partial charge in [-0.05, 0) is 56.6 Å². The van der Waals surface area contributed by atoms with Crippen LogP contribution in [0, 0.1) is 0 Å². The highest BCUT2D eigenvalue weighted by Crippen LogP contribution is 2.50. The van der Waals surface area contributed by atoms with Crippen molar-refractivity contribution in [2.24, 2.45) is 0 Å². The summed E-state index contributed by atoms with van der Waals surface area (Å²) >= 11 is 1.85. The third kappa shape index (κ3) is 4.22. The van der Waals surface area contributed by atoms with E-state index in [0.29, 0.717) is 37.1 Å². The maximum Gasteiger partial charge on any atom is 0.401 e. The van der Waals surface area contributed by atoms with Gasteiger partial charge >= 0.3 is 6.18 Å². The fourth-order valence-corrected chi connectivity index (χ4v) is 5.89. The second kappa shape index (κ2) is 7.20. The second-order valence-electron chi connectivity index (χ2n) is 7.93. The Morgan fingerprint density at radius 2 is 1.76 bits per heavy atom. The first-order valence-electron chi connectivity index (χ1n) is 9.61. The largest absolute Gasteiger partial charge is 0.401 e. The molecule has 2 nitrogen and oxygen atoms in total. The summed E-state index contributed by atoms with van der Waals surface area (Å²) in [5.41, 5.74) is 0. The minimum absolute atomic E-state index is 0.475. The van der Waals surface area contributed by atoms with Gasteiger partial charge in [-0.2, -0.15) is 13.2 Å². The molecule has 0 amide bonds. The van der Waals surface area contributed by atoms with E-state index in [1.807, 2.05) is 11.3 Å². The first-order chi connectivity index (χ1) is 12.0. The molecule has 0 aromatic carbocycles. The molecule has 0 N–H and O–H groups in total. The zero-order chi connectivity index (χ0) is 17.4. The van der Waals surface area contributed by atoms with Gasteiger partial charge in [-0.1, -0.05) is 18.9 Å². The van der Waals surface area contributed by atoms with Crippen LogP contribution in [-0.2, 0) is 0 Å². The van der Waals surface area contributed by atoms with E-state index in [4.69, 9.17) is 0 Å². The van der Waals surface area contributed by atoms with E-state index in [2.05, 4.69) is 22.4 Å². The summed E-state index contributed by atoms with van der Waals surface area (Å²) in [5.74, 6) is 0.661. The summed E-state index contributed by atoms with van der Waals surface area (Å²) in [6, 6.07) is 6.14. The summed E-state index contributed by atoms with van der Waals surface area (Å²) in [6.07, 6.45) is 4.11. The molecular formula is C19H27F3N2S. The predicted molar refractivity (Wildman–Crippen MR) is 95.1 cm³/mol. The van der Waals surface area contributed by atoms with E-state index in [-0.39, 0.29) is 0 Å². The molecule has 2 heterocycles. The Balaban J connectivity index is 1.40. The molecule has 2 atom stereocenters. The summed E-state index contributed by atoms with van der Waals surface area (Å²) in [7, 11) is 0. The number of halogens is 3. The number of piperidine rings is 1. The molecule has 25 heavy (non-hydrogen) atoms. The van der Waals surface area contributed by atoms with Gasteiger partial charge in [0.1, 0.15) is 0 Å². The molecule has 3 aliphatic rings. The normalized spacial score (nSPS) is 29.6. The lowest BCUT2D eigenvalue weighted by molar-refractivity contribution is -0.149. The highest BCUT2D eigenvalue weighted by Gasteiger charge is 2.48.